The molecule has 6 nitrogen and oxygen atoms in total. The largest absolute Gasteiger partial charge is 0.479 e. The van der Waals surface area contributed by atoms with Crippen molar-refractivity contribution in [2.24, 2.45) is 0 Å². The number of carbonyl (C=O) groups excluding carboxylic acids is 2. The summed E-state index contributed by atoms with van der Waals surface area (Å²) < 4.78 is 5.72. The van der Waals surface area contributed by atoms with Crippen molar-refractivity contribution in [3.8, 4) is 5.75 Å². The predicted molar refractivity (Wildman–Crippen MR) is 130 cm³/mol. The van der Waals surface area contributed by atoms with Crippen LogP contribution in [0.25, 0.3) is 0 Å². The Balaban J connectivity index is 1.68. The van der Waals surface area contributed by atoms with E-state index < -0.39 is 6.10 Å². The standard InChI is InChI=1S/C23H26Cl3N3O3/c1-3-4-22(30)29-11-9-28(10-12-29)20-7-5-17(25)14-19(20)27-23(31)15(2)32-21-8-6-16(24)13-18(21)26/h5-8,13-15H,3-4,9-12H2,1-2H3,(H,27,31). The van der Waals surface area contributed by atoms with E-state index in [0.717, 1.165) is 12.1 Å². The van der Waals surface area contributed by atoms with E-state index in [1.807, 2.05) is 17.9 Å². The molecule has 1 heterocycles. The van der Waals surface area contributed by atoms with Crippen LogP contribution in [0.2, 0.25) is 15.1 Å². The second-order valence-corrected chi connectivity index (χ2v) is 8.88. The lowest BCUT2D eigenvalue weighted by Crippen LogP contribution is -2.49. The SMILES string of the molecule is CCCC(=O)N1CCN(c2ccc(Cl)cc2NC(=O)C(C)Oc2ccc(Cl)cc2Cl)CC1. The van der Waals surface area contributed by atoms with Gasteiger partial charge in [0.25, 0.3) is 5.91 Å². The minimum Gasteiger partial charge on any atom is -0.479 e. The number of carbonyl (C=O) groups is 2. The zero-order valence-corrected chi connectivity index (χ0v) is 20.3. The fourth-order valence-electron chi connectivity index (χ4n) is 3.50. The molecule has 0 radical (unpaired) electrons. The van der Waals surface area contributed by atoms with E-state index in [4.69, 9.17) is 39.5 Å². The van der Waals surface area contributed by atoms with Crippen molar-refractivity contribution in [3.05, 3.63) is 51.5 Å². The number of rotatable bonds is 7. The van der Waals surface area contributed by atoms with Crippen molar-refractivity contribution in [1.82, 2.24) is 4.90 Å². The molecule has 0 aliphatic carbocycles. The van der Waals surface area contributed by atoms with Crippen molar-refractivity contribution >= 4 is 58.0 Å². The minimum absolute atomic E-state index is 0.184. The van der Waals surface area contributed by atoms with Crippen molar-refractivity contribution in [2.75, 3.05) is 36.4 Å². The van der Waals surface area contributed by atoms with Gasteiger partial charge in [-0.2, -0.15) is 0 Å². The van der Waals surface area contributed by atoms with Gasteiger partial charge in [0.15, 0.2) is 6.10 Å². The Bertz CT molecular complexity index is 978. The Morgan fingerprint density at radius 3 is 2.34 bits per heavy atom. The summed E-state index contributed by atoms with van der Waals surface area (Å²) in [6.07, 6.45) is 0.607. The lowest BCUT2D eigenvalue weighted by molar-refractivity contribution is -0.131. The Morgan fingerprint density at radius 1 is 1.03 bits per heavy atom. The molecule has 0 saturated carbocycles. The molecule has 32 heavy (non-hydrogen) atoms. The molecule has 0 bridgehead atoms. The molecule has 1 unspecified atom stereocenters. The van der Waals surface area contributed by atoms with Crippen LogP contribution in [0.1, 0.15) is 26.7 Å². The number of hydrogen-bond donors (Lipinski definition) is 1. The highest BCUT2D eigenvalue weighted by Gasteiger charge is 2.24. The van der Waals surface area contributed by atoms with E-state index in [2.05, 4.69) is 10.2 Å². The summed E-state index contributed by atoms with van der Waals surface area (Å²) in [5.41, 5.74) is 1.44. The highest BCUT2D eigenvalue weighted by Crippen LogP contribution is 2.31. The normalized spacial score (nSPS) is 14.8. The van der Waals surface area contributed by atoms with Crippen LogP contribution in [0.5, 0.6) is 5.75 Å². The van der Waals surface area contributed by atoms with Gasteiger partial charge in [-0.25, -0.2) is 0 Å². The average molecular weight is 499 g/mol. The maximum Gasteiger partial charge on any atom is 0.265 e. The van der Waals surface area contributed by atoms with Gasteiger partial charge >= 0.3 is 0 Å². The van der Waals surface area contributed by atoms with Gasteiger partial charge in [-0.15, -0.1) is 0 Å². The Hall–Kier alpha value is -2.15. The number of nitrogens with one attached hydrogen (secondary N) is 1. The van der Waals surface area contributed by atoms with E-state index in [9.17, 15) is 9.59 Å². The molecular formula is C23H26Cl3N3O3. The summed E-state index contributed by atoms with van der Waals surface area (Å²) in [7, 11) is 0. The van der Waals surface area contributed by atoms with Gasteiger partial charge in [0.05, 0.1) is 16.4 Å². The number of nitrogens with zero attached hydrogens (tertiary/aromatic N) is 2. The number of ether oxygens (including phenoxy) is 1. The molecule has 1 fully saturated rings. The maximum atomic E-state index is 12.8. The first-order valence-corrected chi connectivity index (χ1v) is 11.7. The summed E-state index contributed by atoms with van der Waals surface area (Å²) in [6.45, 7) is 6.27. The van der Waals surface area contributed by atoms with Crippen molar-refractivity contribution in [2.45, 2.75) is 32.8 Å². The first-order chi connectivity index (χ1) is 15.3. The maximum absolute atomic E-state index is 12.8. The summed E-state index contributed by atoms with van der Waals surface area (Å²) in [5.74, 6) is 0.220. The second-order valence-electron chi connectivity index (χ2n) is 7.60. The Labute approximate surface area is 203 Å². The average Bonchev–Trinajstić information content (AvgIpc) is 2.76. The topological polar surface area (TPSA) is 61.9 Å². The van der Waals surface area contributed by atoms with E-state index in [-0.39, 0.29) is 11.8 Å². The highest BCUT2D eigenvalue weighted by molar-refractivity contribution is 6.35. The fraction of sp³-hybridized carbons (Fsp3) is 0.391. The molecule has 1 aliphatic heterocycles. The molecule has 0 spiro atoms. The number of piperazine rings is 1. The van der Waals surface area contributed by atoms with E-state index >= 15 is 0 Å². The Morgan fingerprint density at radius 2 is 1.69 bits per heavy atom. The number of hydrogen-bond acceptors (Lipinski definition) is 4. The summed E-state index contributed by atoms with van der Waals surface area (Å²) in [4.78, 5) is 29.0. The summed E-state index contributed by atoms with van der Waals surface area (Å²) in [6, 6.07) is 10.2. The van der Waals surface area contributed by atoms with E-state index in [0.29, 0.717) is 59.1 Å². The van der Waals surface area contributed by atoms with Crippen LogP contribution in [-0.4, -0.2) is 49.0 Å². The zero-order valence-electron chi connectivity index (χ0n) is 18.0. The number of anilines is 2. The van der Waals surface area contributed by atoms with Crippen LogP contribution < -0.4 is 15.0 Å². The Kier molecular flexibility index (Phi) is 8.51. The molecule has 0 aromatic heterocycles. The lowest BCUT2D eigenvalue weighted by atomic mass is 10.2. The first kappa shape index (κ1) is 24.5. The molecule has 3 rings (SSSR count). The number of benzene rings is 2. The van der Waals surface area contributed by atoms with Gasteiger partial charge < -0.3 is 19.9 Å². The molecule has 172 valence electrons. The molecule has 2 aromatic carbocycles. The summed E-state index contributed by atoms with van der Waals surface area (Å²) in [5, 5.41) is 4.24. The minimum atomic E-state index is -0.802. The smallest absolute Gasteiger partial charge is 0.265 e. The van der Waals surface area contributed by atoms with Gasteiger partial charge in [0.1, 0.15) is 5.75 Å². The van der Waals surface area contributed by atoms with Gasteiger partial charge in [-0.05, 0) is 49.7 Å². The van der Waals surface area contributed by atoms with Gasteiger partial charge in [-0.3, -0.25) is 9.59 Å². The third-order valence-electron chi connectivity index (χ3n) is 5.22. The van der Waals surface area contributed by atoms with Crippen LogP contribution in [0.3, 0.4) is 0 Å². The molecule has 1 saturated heterocycles. The van der Waals surface area contributed by atoms with Gasteiger partial charge in [0.2, 0.25) is 5.91 Å². The zero-order chi connectivity index (χ0) is 23.3. The molecular weight excluding hydrogens is 473 g/mol. The monoisotopic (exact) mass is 497 g/mol. The van der Waals surface area contributed by atoms with Crippen LogP contribution in [-0.2, 0) is 9.59 Å². The molecule has 2 aromatic rings. The summed E-state index contributed by atoms with van der Waals surface area (Å²) >= 11 is 18.3. The molecule has 2 amide bonds. The van der Waals surface area contributed by atoms with Crippen molar-refractivity contribution in [1.29, 1.82) is 0 Å². The first-order valence-electron chi connectivity index (χ1n) is 10.5. The number of halogens is 3. The van der Waals surface area contributed by atoms with Gasteiger partial charge in [-0.1, -0.05) is 41.7 Å². The third-order valence-corrected chi connectivity index (χ3v) is 5.99. The molecule has 1 atom stereocenters. The second kappa shape index (κ2) is 11.1. The van der Waals surface area contributed by atoms with E-state index in [1.165, 1.54) is 0 Å². The van der Waals surface area contributed by atoms with Gasteiger partial charge in [0, 0.05) is 42.6 Å². The highest BCUT2D eigenvalue weighted by atomic mass is 35.5. The quantitative estimate of drug-likeness (QED) is 0.547. The van der Waals surface area contributed by atoms with Crippen LogP contribution in [0.4, 0.5) is 11.4 Å². The lowest BCUT2D eigenvalue weighted by Gasteiger charge is -2.37. The van der Waals surface area contributed by atoms with Crippen LogP contribution in [0, 0.1) is 0 Å². The fourth-order valence-corrected chi connectivity index (χ4v) is 4.13. The molecule has 1 aliphatic rings. The third kappa shape index (κ3) is 6.21. The predicted octanol–water partition coefficient (Wildman–Crippen LogP) is 5.50. The molecule has 1 N–H and O–H groups in total. The van der Waals surface area contributed by atoms with Crippen LogP contribution in [0.15, 0.2) is 36.4 Å². The van der Waals surface area contributed by atoms with Crippen molar-refractivity contribution < 1.29 is 14.3 Å². The number of amides is 2. The van der Waals surface area contributed by atoms with Crippen molar-refractivity contribution in [3.63, 3.8) is 0 Å². The van der Waals surface area contributed by atoms with E-state index in [1.54, 1.807) is 37.3 Å². The molecule has 9 heteroatoms. The van der Waals surface area contributed by atoms with Crippen LogP contribution >= 0.6 is 34.8 Å².